The number of methoxy groups -OCH3 is 1. The molecule has 180 valence electrons. The van der Waals surface area contributed by atoms with E-state index in [1.54, 1.807) is 31.4 Å². The zero-order chi connectivity index (χ0) is 25.0. The lowest BCUT2D eigenvalue weighted by molar-refractivity contribution is -0.123. The molecule has 0 radical (unpaired) electrons. The second-order valence-electron chi connectivity index (χ2n) is 8.08. The number of carbonyl (C=O) groups is 2. The van der Waals surface area contributed by atoms with Crippen LogP contribution < -0.4 is 15.8 Å². The van der Waals surface area contributed by atoms with Gasteiger partial charge in [-0.3, -0.25) is 9.59 Å². The number of rotatable bonds is 10. The Morgan fingerprint density at radius 3 is 2.17 bits per heavy atom. The maximum Gasteiger partial charge on any atom is 0.251 e. The van der Waals surface area contributed by atoms with Gasteiger partial charge in [0.15, 0.2) is 5.78 Å². The minimum absolute atomic E-state index is 0.0742. The van der Waals surface area contributed by atoms with Crippen molar-refractivity contribution in [3.8, 4) is 17.6 Å². The summed E-state index contributed by atoms with van der Waals surface area (Å²) in [5, 5.41) is 11.5. The fraction of sp³-hybridized carbons (Fsp3) is 0.241. The molecule has 4 N–H and O–H groups in total. The fourth-order valence-corrected chi connectivity index (χ4v) is 3.62. The number of nitrogens with two attached hydrogens (primary N) is 1. The molecule has 1 atom stereocenters. The van der Waals surface area contributed by atoms with Gasteiger partial charge >= 0.3 is 0 Å². The number of aliphatic hydroxyl groups is 1. The summed E-state index contributed by atoms with van der Waals surface area (Å²) < 4.78 is 5.42. The predicted molar refractivity (Wildman–Crippen MR) is 136 cm³/mol. The van der Waals surface area contributed by atoms with Crippen LogP contribution in [-0.2, 0) is 17.6 Å². The summed E-state index contributed by atoms with van der Waals surface area (Å²) in [7, 11) is 1.70. The van der Waals surface area contributed by atoms with Gasteiger partial charge in [-0.1, -0.05) is 42.2 Å². The molecule has 3 aromatic rings. The van der Waals surface area contributed by atoms with Crippen LogP contribution in [-0.4, -0.2) is 43.1 Å². The van der Waals surface area contributed by atoms with Crippen molar-refractivity contribution in [3.05, 3.63) is 101 Å². The van der Waals surface area contributed by atoms with Crippen molar-refractivity contribution in [1.29, 1.82) is 0 Å². The number of carbonyl (C=O) groups excluding carboxylic acids is 2. The van der Waals surface area contributed by atoms with Gasteiger partial charge in [-0.25, -0.2) is 0 Å². The van der Waals surface area contributed by atoms with Gasteiger partial charge in [0.2, 0.25) is 0 Å². The maximum atomic E-state index is 12.3. The summed E-state index contributed by atoms with van der Waals surface area (Å²) in [6, 6.07) is 22.2. The second kappa shape index (κ2) is 13.1. The summed E-state index contributed by atoms with van der Waals surface area (Å²) in [6.07, 6.45) is 2.97. The van der Waals surface area contributed by atoms with E-state index in [1.165, 1.54) is 11.1 Å². The molecule has 35 heavy (non-hydrogen) atoms. The number of aryl methyl sites for hydroxylation is 2. The van der Waals surface area contributed by atoms with E-state index < -0.39 is 24.3 Å². The number of nitrogens with one attached hydrogen (secondary N) is 1. The zero-order valence-corrected chi connectivity index (χ0v) is 19.8. The van der Waals surface area contributed by atoms with Gasteiger partial charge < -0.3 is 20.9 Å². The third kappa shape index (κ3) is 7.54. The monoisotopic (exact) mass is 470 g/mol. The van der Waals surface area contributed by atoms with Crippen molar-refractivity contribution in [1.82, 2.24) is 5.32 Å². The number of hydrogen-bond acceptors (Lipinski definition) is 5. The van der Waals surface area contributed by atoms with Crippen molar-refractivity contribution in [2.45, 2.75) is 25.3 Å². The van der Waals surface area contributed by atoms with Crippen LogP contribution in [0.5, 0.6) is 5.75 Å². The van der Waals surface area contributed by atoms with E-state index in [1.807, 2.05) is 30.3 Å². The standard InChI is InChI=1S/C29H30N2O4/c1-35-28-8-3-2-6-24(28)7-4-5-21-9-11-22(12-10-21)13-14-23-15-17-25(18-16-23)29(34)31-26(19-30)27(33)20-32/h2-3,6,8-12,15-18,26,32H,4-5,7,19-20,30H2,1H3,(H,31,34)/t26-/m0/s1. The van der Waals surface area contributed by atoms with Gasteiger partial charge in [0.25, 0.3) is 5.91 Å². The summed E-state index contributed by atoms with van der Waals surface area (Å²) in [4.78, 5) is 23.9. The molecule has 0 saturated heterocycles. The SMILES string of the molecule is COc1ccccc1CCCc1ccc(C#Cc2ccc(C(=O)N[C@@H](CN)C(=O)CO)cc2)cc1. The first-order valence-corrected chi connectivity index (χ1v) is 11.5. The van der Waals surface area contributed by atoms with Crippen molar-refractivity contribution < 1.29 is 19.4 Å². The molecular formula is C29H30N2O4. The number of Topliss-reactive ketones (excluding diaryl/α,β-unsaturated/α-hetero) is 1. The van der Waals surface area contributed by atoms with Gasteiger partial charge in [0, 0.05) is 23.2 Å². The number of ether oxygens (including phenoxy) is 1. The first-order valence-electron chi connectivity index (χ1n) is 11.5. The lowest BCUT2D eigenvalue weighted by atomic mass is 10.0. The molecule has 0 fully saturated rings. The topological polar surface area (TPSA) is 102 Å². The lowest BCUT2D eigenvalue weighted by Gasteiger charge is -2.14. The Hall–Kier alpha value is -3.92. The Morgan fingerprint density at radius 1 is 0.943 bits per heavy atom. The molecule has 0 aliphatic rings. The van der Waals surface area contributed by atoms with Crippen LogP contribution in [0.25, 0.3) is 0 Å². The van der Waals surface area contributed by atoms with Gasteiger partial charge in [-0.2, -0.15) is 0 Å². The second-order valence-corrected chi connectivity index (χ2v) is 8.08. The van der Waals surface area contributed by atoms with Crippen molar-refractivity contribution in [2.24, 2.45) is 5.73 Å². The molecule has 0 aromatic heterocycles. The third-order valence-corrected chi connectivity index (χ3v) is 5.64. The van der Waals surface area contributed by atoms with Gasteiger partial charge in [0.05, 0.1) is 7.11 Å². The van der Waals surface area contributed by atoms with E-state index in [2.05, 4.69) is 35.4 Å². The minimum atomic E-state index is -0.906. The highest BCUT2D eigenvalue weighted by Gasteiger charge is 2.18. The summed E-state index contributed by atoms with van der Waals surface area (Å²) in [6.45, 7) is -0.740. The van der Waals surface area contributed by atoms with Crippen LogP contribution in [0.1, 0.15) is 39.0 Å². The van der Waals surface area contributed by atoms with Crippen LogP contribution >= 0.6 is 0 Å². The van der Waals surface area contributed by atoms with Crippen LogP contribution in [0.15, 0.2) is 72.8 Å². The molecule has 0 unspecified atom stereocenters. The Kier molecular flexibility index (Phi) is 9.61. The van der Waals surface area contributed by atoms with E-state index in [4.69, 9.17) is 15.6 Å². The predicted octanol–water partition coefficient (Wildman–Crippen LogP) is 2.89. The smallest absolute Gasteiger partial charge is 0.251 e. The van der Waals surface area contributed by atoms with Crippen molar-refractivity contribution in [3.63, 3.8) is 0 Å². The van der Waals surface area contributed by atoms with Crippen LogP contribution in [0.2, 0.25) is 0 Å². The first kappa shape index (κ1) is 25.7. The Labute approximate surface area is 206 Å². The number of para-hydroxylation sites is 1. The zero-order valence-electron chi connectivity index (χ0n) is 19.8. The third-order valence-electron chi connectivity index (χ3n) is 5.64. The summed E-state index contributed by atoms with van der Waals surface area (Å²) >= 11 is 0. The largest absolute Gasteiger partial charge is 0.496 e. The van der Waals surface area contributed by atoms with Crippen molar-refractivity contribution in [2.75, 3.05) is 20.3 Å². The average molecular weight is 471 g/mol. The van der Waals surface area contributed by atoms with Gasteiger partial charge in [0.1, 0.15) is 18.4 Å². The molecule has 0 bridgehead atoms. The number of ketones is 1. The highest BCUT2D eigenvalue weighted by molar-refractivity contribution is 5.98. The first-order chi connectivity index (χ1) is 17.0. The molecule has 0 spiro atoms. The number of aliphatic hydroxyl groups excluding tert-OH is 1. The summed E-state index contributed by atoms with van der Waals surface area (Å²) in [5.41, 5.74) is 10.0. The highest BCUT2D eigenvalue weighted by Crippen LogP contribution is 2.19. The van der Waals surface area contributed by atoms with E-state index in [9.17, 15) is 9.59 Å². The Morgan fingerprint density at radius 2 is 1.57 bits per heavy atom. The van der Waals surface area contributed by atoms with Gasteiger partial charge in [-0.05, 0) is 72.9 Å². The maximum absolute atomic E-state index is 12.3. The van der Waals surface area contributed by atoms with Gasteiger partial charge in [-0.15, -0.1) is 0 Å². The minimum Gasteiger partial charge on any atom is -0.496 e. The normalized spacial score (nSPS) is 11.2. The molecule has 0 aliphatic carbocycles. The van der Waals surface area contributed by atoms with E-state index in [0.29, 0.717) is 5.56 Å². The number of benzene rings is 3. The molecule has 1 amide bonds. The van der Waals surface area contributed by atoms with E-state index in [-0.39, 0.29) is 6.54 Å². The lowest BCUT2D eigenvalue weighted by Crippen LogP contribution is -2.46. The molecule has 6 heteroatoms. The van der Waals surface area contributed by atoms with Crippen LogP contribution in [0.3, 0.4) is 0 Å². The molecule has 0 aliphatic heterocycles. The molecule has 0 heterocycles. The number of hydrogen-bond donors (Lipinski definition) is 3. The summed E-state index contributed by atoms with van der Waals surface area (Å²) in [5.74, 6) is 6.23. The van der Waals surface area contributed by atoms with Crippen molar-refractivity contribution >= 4 is 11.7 Å². The molecule has 3 aromatic carbocycles. The average Bonchev–Trinajstić information content (AvgIpc) is 2.91. The van der Waals surface area contributed by atoms with Crippen LogP contribution in [0, 0.1) is 11.8 Å². The van der Waals surface area contributed by atoms with E-state index >= 15 is 0 Å². The quantitative estimate of drug-likeness (QED) is 0.396. The molecular weight excluding hydrogens is 440 g/mol. The molecule has 6 nitrogen and oxygen atoms in total. The number of amides is 1. The fourth-order valence-electron chi connectivity index (χ4n) is 3.62. The molecule has 0 saturated carbocycles. The van der Waals surface area contributed by atoms with E-state index in [0.717, 1.165) is 36.1 Å². The Bertz CT molecular complexity index is 1190. The Balaban J connectivity index is 1.53. The highest BCUT2D eigenvalue weighted by atomic mass is 16.5. The van der Waals surface area contributed by atoms with Crippen LogP contribution in [0.4, 0.5) is 0 Å². The molecule has 3 rings (SSSR count).